The van der Waals surface area contributed by atoms with Gasteiger partial charge in [-0.25, -0.2) is 13.1 Å². The third-order valence-electron chi connectivity index (χ3n) is 1.69. The zero-order chi connectivity index (χ0) is 9.19. The van der Waals surface area contributed by atoms with Crippen molar-refractivity contribution in [2.24, 2.45) is 0 Å². The molecule has 12 heavy (non-hydrogen) atoms. The molecular weight excluding hydrogens is 182 g/mol. The van der Waals surface area contributed by atoms with E-state index in [0.717, 1.165) is 0 Å². The fourth-order valence-electron chi connectivity index (χ4n) is 0.773. The highest BCUT2D eigenvalue weighted by atomic mass is 32.2. The Morgan fingerprint density at radius 2 is 2.08 bits per heavy atom. The van der Waals surface area contributed by atoms with Gasteiger partial charge in [-0.1, -0.05) is 0 Å². The van der Waals surface area contributed by atoms with E-state index < -0.39 is 22.7 Å². The van der Waals surface area contributed by atoms with Crippen LogP contribution in [0.3, 0.4) is 0 Å². The molecule has 0 aromatic heterocycles. The van der Waals surface area contributed by atoms with Crippen LogP contribution in [-0.4, -0.2) is 43.1 Å². The summed E-state index contributed by atoms with van der Waals surface area (Å²) in [6.45, 7) is -0.525. The van der Waals surface area contributed by atoms with E-state index in [9.17, 15) is 8.42 Å². The lowest BCUT2D eigenvalue weighted by Gasteiger charge is -2.08. The van der Waals surface area contributed by atoms with Crippen LogP contribution in [-0.2, 0) is 10.0 Å². The minimum atomic E-state index is -3.21. The van der Waals surface area contributed by atoms with Crippen LogP contribution in [0.15, 0.2) is 0 Å². The number of sulfonamides is 1. The molecular formula is C6H13NO4S. The first kappa shape index (κ1) is 9.91. The van der Waals surface area contributed by atoms with Gasteiger partial charge in [-0.05, 0) is 12.8 Å². The van der Waals surface area contributed by atoms with Crippen LogP contribution in [0.5, 0.6) is 0 Å². The van der Waals surface area contributed by atoms with Crippen LogP contribution < -0.4 is 4.72 Å². The van der Waals surface area contributed by atoms with Gasteiger partial charge in [-0.3, -0.25) is 0 Å². The quantitative estimate of drug-likeness (QED) is 0.494. The van der Waals surface area contributed by atoms with Gasteiger partial charge < -0.3 is 10.2 Å². The van der Waals surface area contributed by atoms with Crippen molar-refractivity contribution in [3.05, 3.63) is 0 Å². The molecule has 1 rings (SSSR count). The fourth-order valence-corrected chi connectivity index (χ4v) is 2.19. The van der Waals surface area contributed by atoms with Crippen molar-refractivity contribution in [3.63, 3.8) is 0 Å². The number of hydrogen-bond donors (Lipinski definition) is 3. The maximum Gasteiger partial charge on any atom is 0.214 e. The van der Waals surface area contributed by atoms with Gasteiger partial charge in [0, 0.05) is 6.54 Å². The fraction of sp³-hybridized carbons (Fsp3) is 1.00. The number of nitrogens with one attached hydrogen (secondary N) is 1. The van der Waals surface area contributed by atoms with Crippen LogP contribution >= 0.6 is 0 Å². The zero-order valence-electron chi connectivity index (χ0n) is 6.60. The van der Waals surface area contributed by atoms with Gasteiger partial charge in [-0.15, -0.1) is 0 Å². The predicted octanol–water partition coefficient (Wildman–Crippen LogP) is -1.58. The van der Waals surface area contributed by atoms with Gasteiger partial charge in [0.2, 0.25) is 10.0 Å². The molecule has 0 bridgehead atoms. The topological polar surface area (TPSA) is 86.6 Å². The second kappa shape index (κ2) is 3.69. The molecule has 1 aliphatic carbocycles. The number of aliphatic hydroxyl groups is 2. The van der Waals surface area contributed by atoms with Crippen LogP contribution in [0.25, 0.3) is 0 Å². The predicted molar refractivity (Wildman–Crippen MR) is 43.0 cm³/mol. The SMILES string of the molecule is O=S(=O)(NCC(O)CO)C1CC1. The molecule has 0 aromatic carbocycles. The monoisotopic (exact) mass is 195 g/mol. The molecule has 6 heteroatoms. The third-order valence-corrected chi connectivity index (χ3v) is 3.61. The smallest absolute Gasteiger partial charge is 0.214 e. The molecule has 0 radical (unpaired) electrons. The van der Waals surface area contributed by atoms with Crippen molar-refractivity contribution in [1.82, 2.24) is 4.72 Å². The van der Waals surface area contributed by atoms with E-state index in [2.05, 4.69) is 4.72 Å². The largest absolute Gasteiger partial charge is 0.394 e. The van der Waals surface area contributed by atoms with E-state index in [1.54, 1.807) is 0 Å². The lowest BCUT2D eigenvalue weighted by atomic mass is 10.4. The van der Waals surface area contributed by atoms with Crippen LogP contribution in [0, 0.1) is 0 Å². The highest BCUT2D eigenvalue weighted by Gasteiger charge is 2.35. The summed E-state index contributed by atoms with van der Waals surface area (Å²) in [4.78, 5) is 0. The van der Waals surface area contributed by atoms with Crippen molar-refractivity contribution < 1.29 is 18.6 Å². The molecule has 0 aliphatic heterocycles. The third kappa shape index (κ3) is 2.71. The Morgan fingerprint density at radius 3 is 2.50 bits per heavy atom. The second-order valence-electron chi connectivity index (χ2n) is 2.93. The van der Waals surface area contributed by atoms with Crippen molar-refractivity contribution >= 4 is 10.0 Å². The molecule has 1 aliphatic rings. The Morgan fingerprint density at radius 1 is 1.50 bits per heavy atom. The lowest BCUT2D eigenvalue weighted by molar-refractivity contribution is 0.0988. The molecule has 0 saturated heterocycles. The minimum Gasteiger partial charge on any atom is -0.394 e. The summed E-state index contributed by atoms with van der Waals surface area (Å²) < 4.78 is 24.5. The summed E-state index contributed by atoms with van der Waals surface area (Å²) in [5.41, 5.74) is 0. The Balaban J connectivity index is 2.30. The Kier molecular flexibility index (Phi) is 3.05. The first-order chi connectivity index (χ1) is 5.56. The van der Waals surface area contributed by atoms with Gasteiger partial charge in [0.15, 0.2) is 0 Å². The Bertz CT molecular complexity index is 234. The molecule has 0 aromatic rings. The van der Waals surface area contributed by atoms with E-state index in [1.165, 1.54) is 0 Å². The molecule has 1 saturated carbocycles. The lowest BCUT2D eigenvalue weighted by Crippen LogP contribution is -2.35. The maximum atomic E-state index is 11.1. The molecule has 0 heterocycles. The highest BCUT2D eigenvalue weighted by Crippen LogP contribution is 2.27. The summed E-state index contributed by atoms with van der Waals surface area (Å²) in [6.07, 6.45) is 0.397. The summed E-state index contributed by atoms with van der Waals surface area (Å²) >= 11 is 0. The normalized spacial score (nSPS) is 20.8. The van der Waals surface area contributed by atoms with Crippen molar-refractivity contribution in [2.45, 2.75) is 24.2 Å². The molecule has 72 valence electrons. The van der Waals surface area contributed by atoms with E-state index in [-0.39, 0.29) is 11.8 Å². The molecule has 5 nitrogen and oxygen atoms in total. The average molecular weight is 195 g/mol. The van der Waals surface area contributed by atoms with E-state index >= 15 is 0 Å². The van der Waals surface area contributed by atoms with Crippen LogP contribution in [0.2, 0.25) is 0 Å². The van der Waals surface area contributed by atoms with Crippen LogP contribution in [0.4, 0.5) is 0 Å². The minimum absolute atomic E-state index is 0.102. The summed E-state index contributed by atoms with van der Waals surface area (Å²) in [5, 5.41) is 17.0. The summed E-state index contributed by atoms with van der Waals surface area (Å²) in [5.74, 6) is 0. The van der Waals surface area contributed by atoms with Crippen molar-refractivity contribution in [1.29, 1.82) is 0 Å². The first-order valence-corrected chi connectivity index (χ1v) is 5.38. The number of aliphatic hydroxyl groups excluding tert-OH is 2. The zero-order valence-corrected chi connectivity index (χ0v) is 7.42. The maximum absolute atomic E-state index is 11.1. The molecule has 1 atom stereocenters. The van der Waals surface area contributed by atoms with E-state index in [4.69, 9.17) is 10.2 Å². The molecule has 1 unspecified atom stereocenters. The van der Waals surface area contributed by atoms with Crippen LogP contribution in [0.1, 0.15) is 12.8 Å². The molecule has 0 spiro atoms. The Hall–Kier alpha value is -0.170. The molecule has 0 amide bonds. The van der Waals surface area contributed by atoms with Gasteiger partial charge in [0.1, 0.15) is 0 Å². The number of rotatable bonds is 5. The molecule has 1 fully saturated rings. The van der Waals surface area contributed by atoms with Gasteiger partial charge in [-0.2, -0.15) is 0 Å². The van der Waals surface area contributed by atoms with Crippen molar-refractivity contribution in [2.75, 3.05) is 13.2 Å². The Labute approximate surface area is 71.5 Å². The summed E-state index contributed by atoms with van der Waals surface area (Å²) in [7, 11) is -3.21. The van der Waals surface area contributed by atoms with Gasteiger partial charge in [0.05, 0.1) is 18.0 Å². The first-order valence-electron chi connectivity index (χ1n) is 3.83. The van der Waals surface area contributed by atoms with E-state index in [0.29, 0.717) is 12.8 Å². The second-order valence-corrected chi connectivity index (χ2v) is 4.97. The number of hydrogen-bond acceptors (Lipinski definition) is 4. The van der Waals surface area contributed by atoms with Gasteiger partial charge in [0.25, 0.3) is 0 Å². The van der Waals surface area contributed by atoms with Crippen molar-refractivity contribution in [3.8, 4) is 0 Å². The standard InChI is InChI=1S/C6H13NO4S/c8-4-5(9)3-7-12(10,11)6-1-2-6/h5-9H,1-4H2. The highest BCUT2D eigenvalue weighted by molar-refractivity contribution is 7.90. The van der Waals surface area contributed by atoms with E-state index in [1.807, 2.05) is 0 Å². The summed E-state index contributed by atoms with van der Waals surface area (Å²) in [6, 6.07) is 0. The molecule has 3 N–H and O–H groups in total. The average Bonchev–Trinajstić information content (AvgIpc) is 2.82. The van der Waals surface area contributed by atoms with Gasteiger partial charge >= 0.3 is 0 Å².